The van der Waals surface area contributed by atoms with Crippen LogP contribution in [0.1, 0.15) is 17.1 Å². The molecule has 2 aromatic carbocycles. The minimum absolute atomic E-state index is 0.160. The van der Waals surface area contributed by atoms with Crippen LogP contribution in [0, 0.1) is 13.8 Å². The van der Waals surface area contributed by atoms with E-state index in [1.54, 1.807) is 30.5 Å². The van der Waals surface area contributed by atoms with Crippen molar-refractivity contribution >= 4 is 34.5 Å². The van der Waals surface area contributed by atoms with Crippen molar-refractivity contribution in [1.82, 2.24) is 19.7 Å². The quantitative estimate of drug-likeness (QED) is 0.537. The summed E-state index contributed by atoms with van der Waals surface area (Å²) in [5.41, 5.74) is 4.38. The van der Waals surface area contributed by atoms with E-state index in [4.69, 9.17) is 11.6 Å². The Bertz CT molecular complexity index is 1180. The Morgan fingerprint density at radius 1 is 1.15 bits per heavy atom. The van der Waals surface area contributed by atoms with Crippen molar-refractivity contribution in [2.75, 3.05) is 0 Å². The van der Waals surface area contributed by atoms with Crippen LogP contribution >= 0.6 is 11.6 Å². The van der Waals surface area contributed by atoms with Gasteiger partial charge in [-0.25, -0.2) is 9.67 Å². The zero-order chi connectivity index (χ0) is 18.3. The number of nitrogens with one attached hydrogen (secondary N) is 2. The van der Waals surface area contributed by atoms with Gasteiger partial charge in [-0.15, -0.1) is 0 Å². The number of H-pyrrole nitrogens is 2. The predicted molar refractivity (Wildman–Crippen MR) is 104 cm³/mol. The van der Waals surface area contributed by atoms with Gasteiger partial charge >= 0.3 is 0 Å². The SMILES string of the molecule is Cc1nc2ccc(N=Cc3c(C)[nH]n(-c4ccc(Cl)cc4)c3=O)cc2[nH]1. The third kappa shape index (κ3) is 2.95. The lowest BCUT2D eigenvalue weighted by molar-refractivity contribution is 0.835. The molecular weight excluding hydrogens is 350 g/mol. The van der Waals surface area contributed by atoms with Crippen LogP contribution in [-0.2, 0) is 0 Å². The third-order valence-electron chi connectivity index (χ3n) is 4.13. The number of hydrogen-bond donors (Lipinski definition) is 2. The third-order valence-corrected chi connectivity index (χ3v) is 4.38. The number of nitrogens with zero attached hydrogens (tertiary/aromatic N) is 3. The topological polar surface area (TPSA) is 78.8 Å². The first-order chi connectivity index (χ1) is 12.5. The summed E-state index contributed by atoms with van der Waals surface area (Å²) in [7, 11) is 0. The molecule has 0 aliphatic carbocycles. The van der Waals surface area contributed by atoms with Crippen molar-refractivity contribution in [2.24, 2.45) is 4.99 Å². The largest absolute Gasteiger partial charge is 0.342 e. The lowest BCUT2D eigenvalue weighted by Crippen LogP contribution is -2.17. The zero-order valence-electron chi connectivity index (χ0n) is 14.2. The van der Waals surface area contributed by atoms with Crippen molar-refractivity contribution in [2.45, 2.75) is 13.8 Å². The highest BCUT2D eigenvalue weighted by atomic mass is 35.5. The van der Waals surface area contributed by atoms with Gasteiger partial charge < -0.3 is 4.98 Å². The fourth-order valence-corrected chi connectivity index (χ4v) is 2.95. The Balaban J connectivity index is 1.70. The monoisotopic (exact) mass is 365 g/mol. The Labute approximate surface area is 154 Å². The standard InChI is InChI=1S/C19H16ClN5O/c1-11-16(19(26)25(24-11)15-6-3-13(20)4-7-15)10-21-14-5-8-17-18(9-14)23-12(2)22-17/h3-10,24H,1-2H3,(H,22,23). The fourth-order valence-electron chi connectivity index (χ4n) is 2.83. The Morgan fingerprint density at radius 2 is 1.92 bits per heavy atom. The first-order valence-corrected chi connectivity index (χ1v) is 8.47. The molecule has 130 valence electrons. The minimum Gasteiger partial charge on any atom is -0.342 e. The number of aromatic nitrogens is 4. The number of hydrogen-bond acceptors (Lipinski definition) is 3. The molecule has 2 aromatic heterocycles. The molecular formula is C19H16ClN5O. The van der Waals surface area contributed by atoms with Gasteiger partial charge in [0.05, 0.1) is 28.0 Å². The molecule has 0 saturated carbocycles. The van der Waals surface area contributed by atoms with Gasteiger partial charge in [-0.2, -0.15) is 0 Å². The maximum Gasteiger partial charge on any atom is 0.280 e. The van der Waals surface area contributed by atoms with E-state index in [9.17, 15) is 4.79 Å². The van der Waals surface area contributed by atoms with Crippen molar-refractivity contribution in [3.63, 3.8) is 0 Å². The van der Waals surface area contributed by atoms with Gasteiger partial charge in [-0.05, 0) is 56.3 Å². The van der Waals surface area contributed by atoms with Crippen LogP contribution < -0.4 is 5.56 Å². The van der Waals surface area contributed by atoms with Gasteiger partial charge in [0.2, 0.25) is 0 Å². The van der Waals surface area contributed by atoms with E-state index in [1.165, 1.54) is 4.68 Å². The number of imidazole rings is 1. The molecule has 4 rings (SSSR count). The number of fused-ring (bicyclic) bond motifs is 1. The van der Waals surface area contributed by atoms with Crippen LogP contribution in [0.2, 0.25) is 5.02 Å². The molecule has 0 radical (unpaired) electrons. The minimum atomic E-state index is -0.160. The van der Waals surface area contributed by atoms with Crippen molar-refractivity contribution in [3.8, 4) is 5.69 Å². The number of rotatable bonds is 3. The summed E-state index contributed by atoms with van der Waals surface area (Å²) in [5, 5.41) is 3.69. The van der Waals surface area contributed by atoms with Gasteiger partial charge in [0.15, 0.2) is 0 Å². The summed E-state index contributed by atoms with van der Waals surface area (Å²) in [6.45, 7) is 3.75. The molecule has 0 unspecified atom stereocenters. The van der Waals surface area contributed by atoms with Gasteiger partial charge in [0.25, 0.3) is 5.56 Å². The molecule has 6 nitrogen and oxygen atoms in total. The second kappa shape index (κ2) is 6.31. The summed E-state index contributed by atoms with van der Waals surface area (Å²) in [6, 6.07) is 12.7. The van der Waals surface area contributed by atoms with Crippen LogP contribution in [0.5, 0.6) is 0 Å². The first kappa shape index (κ1) is 16.4. The smallest absolute Gasteiger partial charge is 0.280 e. The predicted octanol–water partition coefficient (Wildman–Crippen LogP) is 4.06. The van der Waals surface area contributed by atoms with Crippen molar-refractivity contribution in [1.29, 1.82) is 0 Å². The Kier molecular flexibility index (Phi) is 3.97. The molecule has 0 aliphatic heterocycles. The highest BCUT2D eigenvalue weighted by Gasteiger charge is 2.10. The fraction of sp³-hybridized carbons (Fsp3) is 0.105. The molecule has 26 heavy (non-hydrogen) atoms. The van der Waals surface area contributed by atoms with Crippen LogP contribution in [0.15, 0.2) is 52.3 Å². The molecule has 2 N–H and O–H groups in total. The molecule has 0 saturated heterocycles. The van der Waals surface area contributed by atoms with Gasteiger partial charge in [-0.1, -0.05) is 11.6 Å². The zero-order valence-corrected chi connectivity index (χ0v) is 15.0. The summed E-state index contributed by atoms with van der Waals surface area (Å²) >= 11 is 5.91. The molecule has 0 fully saturated rings. The molecule has 2 heterocycles. The molecule has 4 aromatic rings. The van der Waals surface area contributed by atoms with Crippen LogP contribution in [0.3, 0.4) is 0 Å². The Hall–Kier alpha value is -3.12. The number of halogens is 1. The number of aryl methyl sites for hydroxylation is 2. The second-order valence-corrected chi connectivity index (χ2v) is 6.49. The summed E-state index contributed by atoms with van der Waals surface area (Å²) < 4.78 is 1.48. The van der Waals surface area contributed by atoms with E-state index in [0.717, 1.165) is 33.9 Å². The van der Waals surface area contributed by atoms with E-state index in [2.05, 4.69) is 20.1 Å². The Morgan fingerprint density at radius 3 is 2.69 bits per heavy atom. The molecule has 0 aliphatic rings. The molecule has 0 bridgehead atoms. The number of aromatic amines is 2. The van der Waals surface area contributed by atoms with E-state index >= 15 is 0 Å². The lowest BCUT2D eigenvalue weighted by atomic mass is 10.2. The first-order valence-electron chi connectivity index (χ1n) is 8.09. The van der Waals surface area contributed by atoms with Gasteiger partial charge in [0.1, 0.15) is 5.82 Å². The maximum absolute atomic E-state index is 12.7. The molecule has 7 heteroatoms. The van der Waals surface area contributed by atoms with Gasteiger partial charge in [0, 0.05) is 16.9 Å². The van der Waals surface area contributed by atoms with Crippen LogP contribution in [-0.4, -0.2) is 26.0 Å². The number of benzene rings is 2. The molecule has 0 amide bonds. The highest BCUT2D eigenvalue weighted by molar-refractivity contribution is 6.30. The molecule has 0 atom stereocenters. The van der Waals surface area contributed by atoms with E-state index in [-0.39, 0.29) is 5.56 Å². The van der Waals surface area contributed by atoms with E-state index in [1.807, 2.05) is 32.0 Å². The average molecular weight is 366 g/mol. The normalized spacial score (nSPS) is 11.7. The summed E-state index contributed by atoms with van der Waals surface area (Å²) in [4.78, 5) is 24.7. The average Bonchev–Trinajstić information content (AvgIpc) is 3.12. The van der Waals surface area contributed by atoms with E-state index in [0.29, 0.717) is 10.6 Å². The second-order valence-electron chi connectivity index (χ2n) is 6.05. The van der Waals surface area contributed by atoms with Crippen LogP contribution in [0.25, 0.3) is 16.7 Å². The number of aliphatic imine (C=N–C) groups is 1. The van der Waals surface area contributed by atoms with Crippen molar-refractivity contribution in [3.05, 3.63) is 74.9 Å². The highest BCUT2D eigenvalue weighted by Crippen LogP contribution is 2.19. The van der Waals surface area contributed by atoms with Crippen molar-refractivity contribution < 1.29 is 0 Å². The van der Waals surface area contributed by atoms with E-state index < -0.39 is 0 Å². The summed E-state index contributed by atoms with van der Waals surface area (Å²) in [6.07, 6.45) is 1.59. The lowest BCUT2D eigenvalue weighted by Gasteiger charge is -2.00. The molecule has 0 spiro atoms. The van der Waals surface area contributed by atoms with Crippen LogP contribution in [0.4, 0.5) is 5.69 Å². The summed E-state index contributed by atoms with van der Waals surface area (Å²) in [5.74, 6) is 0.855. The van der Waals surface area contributed by atoms with Gasteiger partial charge in [-0.3, -0.25) is 14.9 Å². The maximum atomic E-state index is 12.7.